The Kier molecular flexibility index (Phi) is 8.68. The van der Waals surface area contributed by atoms with Gasteiger partial charge in [0.25, 0.3) is 5.91 Å². The van der Waals surface area contributed by atoms with Crippen LogP contribution in [0.15, 0.2) is 77.4 Å². The number of pyridine rings is 1. The number of nitrogens with zero attached hydrogens (tertiary/aromatic N) is 6. The quantitative estimate of drug-likeness (QED) is 0.247. The maximum absolute atomic E-state index is 12.5. The number of nitrogens with one attached hydrogen (secondary N) is 1. The van der Waals surface area contributed by atoms with Crippen LogP contribution in [0.1, 0.15) is 54.2 Å². The molecule has 0 radical (unpaired) electrons. The summed E-state index contributed by atoms with van der Waals surface area (Å²) in [6.45, 7) is 8.89. The molecule has 0 bridgehead atoms. The van der Waals surface area contributed by atoms with E-state index in [1.54, 1.807) is 35.7 Å². The molecule has 192 valence electrons. The van der Waals surface area contributed by atoms with Crippen LogP contribution in [0, 0.1) is 0 Å². The zero-order valence-corrected chi connectivity index (χ0v) is 21.7. The molecule has 37 heavy (non-hydrogen) atoms. The molecule has 0 atom stereocenters. The molecule has 0 aromatic carbocycles. The highest BCUT2D eigenvalue weighted by atomic mass is 35.5. The largest absolute Gasteiger partial charge is 0.470 e. The van der Waals surface area contributed by atoms with Crippen LogP contribution in [0.5, 0.6) is 5.88 Å². The molecule has 1 amide bonds. The van der Waals surface area contributed by atoms with E-state index in [-0.39, 0.29) is 18.4 Å². The van der Waals surface area contributed by atoms with Crippen LogP contribution in [0.2, 0.25) is 0 Å². The van der Waals surface area contributed by atoms with Crippen LogP contribution in [0.4, 0.5) is 0 Å². The first kappa shape index (κ1) is 26.1. The molecule has 3 aromatic rings. The van der Waals surface area contributed by atoms with E-state index in [2.05, 4.69) is 44.3 Å². The van der Waals surface area contributed by atoms with E-state index in [1.807, 2.05) is 30.5 Å². The van der Waals surface area contributed by atoms with Crippen molar-refractivity contribution in [3.8, 4) is 5.88 Å². The number of allylic oxidation sites excluding steroid dienone is 3. The van der Waals surface area contributed by atoms with Gasteiger partial charge in [-0.2, -0.15) is 5.10 Å². The molecule has 3 aromatic heterocycles. The summed E-state index contributed by atoms with van der Waals surface area (Å²) < 4.78 is 7.76. The van der Waals surface area contributed by atoms with Crippen LogP contribution >= 0.6 is 11.6 Å². The van der Waals surface area contributed by atoms with Gasteiger partial charge in [-0.1, -0.05) is 38.1 Å². The predicted octanol–water partition coefficient (Wildman–Crippen LogP) is 4.83. The van der Waals surface area contributed by atoms with E-state index < -0.39 is 0 Å². The minimum Gasteiger partial charge on any atom is -0.470 e. The topological polar surface area (TPSA) is 97.0 Å². The lowest BCUT2D eigenvalue weighted by Gasteiger charge is -2.18. The Morgan fingerprint density at radius 3 is 2.95 bits per heavy atom. The van der Waals surface area contributed by atoms with E-state index in [0.29, 0.717) is 35.3 Å². The van der Waals surface area contributed by atoms with Crippen LogP contribution in [-0.2, 0) is 6.61 Å². The van der Waals surface area contributed by atoms with Crippen LogP contribution in [-0.4, -0.2) is 49.8 Å². The van der Waals surface area contributed by atoms with Crippen molar-refractivity contribution in [2.45, 2.75) is 39.2 Å². The summed E-state index contributed by atoms with van der Waals surface area (Å²) in [5.41, 5.74) is 4.06. The molecule has 1 fully saturated rings. The number of fused-ring (bicyclic) bond motifs is 1. The first-order valence-electron chi connectivity index (χ1n) is 12.3. The highest BCUT2D eigenvalue weighted by molar-refractivity contribution is 6.31. The number of rotatable bonds is 9. The van der Waals surface area contributed by atoms with Crippen molar-refractivity contribution in [1.29, 1.82) is 0 Å². The van der Waals surface area contributed by atoms with Crippen molar-refractivity contribution in [1.82, 2.24) is 29.8 Å². The van der Waals surface area contributed by atoms with Gasteiger partial charge in [0.1, 0.15) is 12.3 Å². The van der Waals surface area contributed by atoms with Gasteiger partial charge < -0.3 is 19.4 Å². The summed E-state index contributed by atoms with van der Waals surface area (Å²) >= 11 is 5.92. The molecule has 9 nitrogen and oxygen atoms in total. The maximum atomic E-state index is 12.5. The van der Waals surface area contributed by atoms with Gasteiger partial charge in [-0.15, -0.1) is 5.10 Å². The van der Waals surface area contributed by atoms with E-state index in [0.717, 1.165) is 11.3 Å². The molecule has 0 unspecified atom stereocenters. The van der Waals surface area contributed by atoms with Gasteiger partial charge in [0, 0.05) is 41.9 Å². The summed E-state index contributed by atoms with van der Waals surface area (Å²) in [5.74, 6) is 0.659. The van der Waals surface area contributed by atoms with E-state index in [9.17, 15) is 4.79 Å². The maximum Gasteiger partial charge on any atom is 0.253 e. The zero-order valence-electron chi connectivity index (χ0n) is 21.0. The molecule has 1 aliphatic carbocycles. The lowest BCUT2D eigenvalue weighted by molar-refractivity contribution is 0.0953. The van der Waals surface area contributed by atoms with Gasteiger partial charge in [0.15, 0.2) is 0 Å². The molecule has 1 saturated carbocycles. The highest BCUT2D eigenvalue weighted by Gasteiger charge is 2.23. The standard InChI is InChI=1S/C25H24ClN7O2.C2H6/c1-17-10-21(26)6-9-32(17)16-27-7-8-28-25(34)20-11-24(31-29-12-20)35-15-22-14-33-13-19(18-2-3-18)4-5-23(33)30-22;1-2/h4-6,9-14,16,18H,1-3,7-8,15H2,(H,28,34);1-2H3. The summed E-state index contributed by atoms with van der Waals surface area (Å²) in [6, 6.07) is 5.72. The van der Waals surface area contributed by atoms with Crippen molar-refractivity contribution < 1.29 is 9.53 Å². The number of aliphatic imine (C=N–C) groups is 1. The van der Waals surface area contributed by atoms with Gasteiger partial charge in [0.2, 0.25) is 5.88 Å². The first-order chi connectivity index (χ1) is 18.0. The molecule has 1 N–H and O–H groups in total. The van der Waals surface area contributed by atoms with E-state index >= 15 is 0 Å². The van der Waals surface area contributed by atoms with Crippen molar-refractivity contribution in [2.24, 2.45) is 4.99 Å². The fraction of sp³-hybridized carbons (Fsp3) is 0.296. The second kappa shape index (κ2) is 12.3. The number of carbonyl (C=O) groups excluding carboxylic acids is 1. The van der Waals surface area contributed by atoms with Gasteiger partial charge in [-0.05, 0) is 42.5 Å². The fourth-order valence-electron chi connectivity index (χ4n) is 3.60. The number of hydrogen-bond donors (Lipinski definition) is 1. The SMILES string of the molecule is C=C1C=C(Cl)C=CN1C=NCCNC(=O)c1cnnc(OCc2cn3cc(C4CC4)ccc3n2)c1.CC. The van der Waals surface area contributed by atoms with Gasteiger partial charge in [-0.25, -0.2) is 4.98 Å². The second-order valence-electron chi connectivity index (χ2n) is 8.33. The van der Waals surface area contributed by atoms with Gasteiger partial charge in [-0.3, -0.25) is 9.79 Å². The van der Waals surface area contributed by atoms with E-state index in [4.69, 9.17) is 16.3 Å². The Morgan fingerprint density at radius 1 is 1.32 bits per heavy atom. The third-order valence-electron chi connectivity index (χ3n) is 5.60. The summed E-state index contributed by atoms with van der Waals surface area (Å²) in [4.78, 5) is 23.1. The lowest BCUT2D eigenvalue weighted by Crippen LogP contribution is -2.26. The molecule has 5 rings (SSSR count). The van der Waals surface area contributed by atoms with Crippen molar-refractivity contribution in [3.63, 3.8) is 0 Å². The number of aromatic nitrogens is 4. The van der Waals surface area contributed by atoms with Crippen LogP contribution in [0.3, 0.4) is 0 Å². The van der Waals surface area contributed by atoms with Crippen molar-refractivity contribution >= 4 is 29.5 Å². The lowest BCUT2D eigenvalue weighted by atomic mass is 10.2. The van der Waals surface area contributed by atoms with Crippen LogP contribution in [0.25, 0.3) is 5.65 Å². The first-order valence-corrected chi connectivity index (χ1v) is 12.7. The second-order valence-corrected chi connectivity index (χ2v) is 8.76. The number of amides is 1. The Balaban J connectivity index is 0.00000156. The predicted molar refractivity (Wildman–Crippen MR) is 145 cm³/mol. The Labute approximate surface area is 221 Å². The molecular formula is C27H30ClN7O2. The normalized spacial score (nSPS) is 14.9. The minimum atomic E-state index is -0.280. The smallest absolute Gasteiger partial charge is 0.253 e. The molecule has 2 aliphatic rings. The van der Waals surface area contributed by atoms with Gasteiger partial charge in [0.05, 0.1) is 30.3 Å². The third kappa shape index (κ3) is 7.04. The summed E-state index contributed by atoms with van der Waals surface area (Å²) in [5, 5.41) is 11.3. The fourth-order valence-corrected chi connectivity index (χ4v) is 3.78. The van der Waals surface area contributed by atoms with Crippen molar-refractivity contribution in [3.05, 3.63) is 89.3 Å². The molecular weight excluding hydrogens is 490 g/mol. The molecule has 0 spiro atoms. The highest BCUT2D eigenvalue weighted by Crippen LogP contribution is 2.39. The Hall–Kier alpha value is -3.98. The Bertz CT molecular complexity index is 1360. The van der Waals surface area contributed by atoms with Crippen molar-refractivity contribution in [2.75, 3.05) is 13.1 Å². The van der Waals surface area contributed by atoms with Crippen LogP contribution < -0.4 is 10.1 Å². The number of imidazole rings is 1. The van der Waals surface area contributed by atoms with Gasteiger partial charge >= 0.3 is 0 Å². The number of halogens is 1. The summed E-state index contributed by atoms with van der Waals surface area (Å²) in [7, 11) is 0. The summed E-state index contributed by atoms with van der Waals surface area (Å²) in [6.07, 6.45) is 14.9. The number of ether oxygens (including phenoxy) is 1. The minimum absolute atomic E-state index is 0.228. The molecule has 4 heterocycles. The third-order valence-corrected chi connectivity index (χ3v) is 5.83. The average Bonchev–Trinajstić information content (AvgIpc) is 3.68. The monoisotopic (exact) mass is 519 g/mol. The molecule has 0 saturated heterocycles. The molecule has 10 heteroatoms. The average molecular weight is 520 g/mol. The molecule has 1 aliphatic heterocycles. The Morgan fingerprint density at radius 2 is 2.16 bits per heavy atom. The number of carbonyl (C=O) groups is 1. The van der Waals surface area contributed by atoms with E-state index in [1.165, 1.54) is 24.6 Å². The zero-order chi connectivity index (χ0) is 26.2. The number of hydrogen-bond acceptors (Lipinski definition) is 6.